The summed E-state index contributed by atoms with van der Waals surface area (Å²) in [5.41, 5.74) is 3.78. The van der Waals surface area contributed by atoms with E-state index in [9.17, 15) is 9.59 Å². The molecule has 4 rings (SSSR count). The Morgan fingerprint density at radius 3 is 2.77 bits per heavy atom. The first-order valence-electron chi connectivity index (χ1n) is 7.19. The third-order valence-corrected chi connectivity index (χ3v) is 4.36. The molecule has 2 aliphatic heterocycles. The highest BCUT2D eigenvalue weighted by Gasteiger charge is 2.24. The molecule has 22 heavy (non-hydrogen) atoms. The van der Waals surface area contributed by atoms with Gasteiger partial charge < -0.3 is 15.3 Å². The van der Waals surface area contributed by atoms with Crippen molar-refractivity contribution in [1.29, 1.82) is 0 Å². The van der Waals surface area contributed by atoms with Crippen molar-refractivity contribution in [1.82, 2.24) is 4.90 Å². The highest BCUT2D eigenvalue weighted by molar-refractivity contribution is 6.25. The van der Waals surface area contributed by atoms with Gasteiger partial charge in [0.1, 0.15) is 0 Å². The first-order valence-corrected chi connectivity index (χ1v) is 7.19. The lowest BCUT2D eigenvalue weighted by Gasteiger charge is -2.24. The summed E-state index contributed by atoms with van der Waals surface area (Å²) in [6.07, 6.45) is 1.77. The van der Waals surface area contributed by atoms with E-state index in [4.69, 9.17) is 5.11 Å². The molecule has 2 heterocycles. The fraction of sp³-hybridized carbons (Fsp3) is 0.176. The molecule has 2 amide bonds. The van der Waals surface area contributed by atoms with E-state index < -0.39 is 6.09 Å². The van der Waals surface area contributed by atoms with Crippen molar-refractivity contribution in [3.63, 3.8) is 0 Å². The number of carboxylic acid groups (broad SMARTS) is 1. The monoisotopic (exact) mass is 294 g/mol. The van der Waals surface area contributed by atoms with Crippen LogP contribution >= 0.6 is 0 Å². The summed E-state index contributed by atoms with van der Waals surface area (Å²) in [5, 5.41) is 13.9. The van der Waals surface area contributed by atoms with Crippen LogP contribution in [0.3, 0.4) is 0 Å². The van der Waals surface area contributed by atoms with Crippen LogP contribution in [0.2, 0.25) is 0 Å². The van der Waals surface area contributed by atoms with Gasteiger partial charge in [-0.2, -0.15) is 0 Å². The zero-order valence-electron chi connectivity index (χ0n) is 11.8. The van der Waals surface area contributed by atoms with E-state index in [1.807, 2.05) is 36.4 Å². The molecule has 2 aromatic carbocycles. The number of benzene rings is 2. The van der Waals surface area contributed by atoms with Gasteiger partial charge in [-0.05, 0) is 35.1 Å². The minimum Gasteiger partial charge on any atom is -0.465 e. The van der Waals surface area contributed by atoms with E-state index >= 15 is 0 Å². The summed E-state index contributed by atoms with van der Waals surface area (Å²) in [5.74, 6) is -0.0626. The van der Waals surface area contributed by atoms with E-state index in [0.29, 0.717) is 25.1 Å². The molecule has 2 N–H and O–H groups in total. The van der Waals surface area contributed by atoms with E-state index in [-0.39, 0.29) is 5.91 Å². The van der Waals surface area contributed by atoms with Crippen LogP contribution in [0.15, 0.2) is 36.4 Å². The summed E-state index contributed by atoms with van der Waals surface area (Å²) in [4.78, 5) is 24.3. The molecule has 5 heteroatoms. The maximum atomic E-state index is 12.0. The second-order valence-electron chi connectivity index (χ2n) is 5.55. The highest BCUT2D eigenvalue weighted by atomic mass is 16.4. The topological polar surface area (TPSA) is 69.6 Å². The Kier molecular flexibility index (Phi) is 2.69. The van der Waals surface area contributed by atoms with E-state index in [2.05, 4.69) is 5.32 Å². The first-order chi connectivity index (χ1) is 10.6. The van der Waals surface area contributed by atoms with Crippen LogP contribution in [0.1, 0.15) is 22.3 Å². The van der Waals surface area contributed by atoms with Crippen LogP contribution in [-0.4, -0.2) is 35.1 Å². The molecular formula is C17H14N2O3. The molecule has 0 saturated heterocycles. The normalized spacial score (nSPS) is 16.6. The van der Waals surface area contributed by atoms with Crippen LogP contribution in [0.25, 0.3) is 16.3 Å². The quantitative estimate of drug-likeness (QED) is 0.848. The zero-order chi connectivity index (χ0) is 15.3. The van der Waals surface area contributed by atoms with Gasteiger partial charge in [0.15, 0.2) is 0 Å². The minimum absolute atomic E-state index is 0.0626. The van der Waals surface area contributed by atoms with Crippen molar-refractivity contribution in [2.75, 3.05) is 18.4 Å². The largest absolute Gasteiger partial charge is 0.465 e. The van der Waals surface area contributed by atoms with Crippen LogP contribution in [0.4, 0.5) is 10.5 Å². The van der Waals surface area contributed by atoms with E-state index in [1.165, 1.54) is 4.90 Å². The van der Waals surface area contributed by atoms with Gasteiger partial charge in [-0.1, -0.05) is 24.3 Å². The number of carbonyl (C=O) groups is 2. The summed E-state index contributed by atoms with van der Waals surface area (Å²) in [6.45, 7) is 0.909. The zero-order valence-corrected chi connectivity index (χ0v) is 11.8. The van der Waals surface area contributed by atoms with Crippen molar-refractivity contribution in [2.24, 2.45) is 0 Å². The third-order valence-electron chi connectivity index (χ3n) is 4.36. The van der Waals surface area contributed by atoms with Crippen LogP contribution in [0.5, 0.6) is 0 Å². The summed E-state index contributed by atoms with van der Waals surface area (Å²) >= 11 is 0. The predicted octanol–water partition coefficient (Wildman–Crippen LogP) is 3.17. The number of anilines is 1. The molecule has 5 nitrogen and oxygen atoms in total. The molecule has 0 spiro atoms. The first kappa shape index (κ1) is 12.9. The molecule has 2 aliphatic rings. The third kappa shape index (κ3) is 1.79. The molecular weight excluding hydrogens is 280 g/mol. The number of carbonyl (C=O) groups excluding carboxylic acids is 1. The Balaban J connectivity index is 1.83. The van der Waals surface area contributed by atoms with Gasteiger partial charge in [-0.3, -0.25) is 4.79 Å². The molecule has 0 fully saturated rings. The number of hydrogen-bond donors (Lipinski definition) is 2. The Labute approximate surface area is 126 Å². The molecule has 0 atom stereocenters. The van der Waals surface area contributed by atoms with Crippen molar-refractivity contribution in [3.05, 3.63) is 47.5 Å². The molecule has 2 aromatic rings. The van der Waals surface area contributed by atoms with Gasteiger partial charge in [0, 0.05) is 29.7 Å². The Morgan fingerprint density at radius 2 is 2.05 bits per heavy atom. The smallest absolute Gasteiger partial charge is 0.407 e. The lowest BCUT2D eigenvalue weighted by atomic mass is 9.92. The Bertz CT molecular complexity index is 854. The molecule has 0 saturated carbocycles. The lowest BCUT2D eigenvalue weighted by molar-refractivity contribution is 0.103. The second kappa shape index (κ2) is 4.59. The minimum atomic E-state index is -0.884. The Hall–Kier alpha value is -2.82. The van der Waals surface area contributed by atoms with Gasteiger partial charge in [0.25, 0.3) is 5.91 Å². The van der Waals surface area contributed by atoms with Gasteiger partial charge >= 0.3 is 6.09 Å². The van der Waals surface area contributed by atoms with Crippen molar-refractivity contribution < 1.29 is 14.7 Å². The van der Waals surface area contributed by atoms with Crippen LogP contribution < -0.4 is 5.32 Å². The van der Waals surface area contributed by atoms with Crippen molar-refractivity contribution >= 4 is 34.0 Å². The summed E-state index contributed by atoms with van der Waals surface area (Å²) in [6, 6.07) is 9.68. The average Bonchev–Trinajstić information content (AvgIpc) is 2.86. The van der Waals surface area contributed by atoms with Gasteiger partial charge in [0.2, 0.25) is 0 Å². The average molecular weight is 294 g/mol. The van der Waals surface area contributed by atoms with E-state index in [0.717, 1.165) is 27.6 Å². The number of nitrogens with one attached hydrogen (secondary N) is 1. The number of rotatable bonds is 1. The molecule has 0 radical (unpaired) electrons. The summed E-state index contributed by atoms with van der Waals surface area (Å²) in [7, 11) is 0. The fourth-order valence-corrected chi connectivity index (χ4v) is 3.26. The van der Waals surface area contributed by atoms with E-state index in [1.54, 1.807) is 0 Å². The Morgan fingerprint density at radius 1 is 1.18 bits per heavy atom. The number of hydrogen-bond acceptors (Lipinski definition) is 2. The standard InChI is InChI=1S/C17H14N2O3/c20-16-13-3-1-2-12-11(4-5-14(18-16)15(12)13)10-6-8-19(9-7-10)17(21)22/h1-6H,7-9H2,(H,18,20)(H,21,22). The van der Waals surface area contributed by atoms with Crippen molar-refractivity contribution in [2.45, 2.75) is 6.42 Å². The van der Waals surface area contributed by atoms with Crippen LogP contribution in [0, 0.1) is 0 Å². The molecule has 110 valence electrons. The molecule has 0 unspecified atom stereocenters. The van der Waals surface area contributed by atoms with Gasteiger partial charge in [-0.25, -0.2) is 4.79 Å². The molecule has 0 bridgehead atoms. The van der Waals surface area contributed by atoms with Crippen molar-refractivity contribution in [3.8, 4) is 0 Å². The summed E-state index contributed by atoms with van der Waals surface area (Å²) < 4.78 is 0. The number of nitrogens with zero attached hydrogens (tertiary/aromatic N) is 1. The maximum absolute atomic E-state index is 12.0. The second-order valence-corrected chi connectivity index (χ2v) is 5.55. The maximum Gasteiger partial charge on any atom is 0.407 e. The highest BCUT2D eigenvalue weighted by Crippen LogP contribution is 2.38. The molecule has 0 aromatic heterocycles. The predicted molar refractivity (Wildman–Crippen MR) is 84.1 cm³/mol. The van der Waals surface area contributed by atoms with Crippen LogP contribution in [-0.2, 0) is 0 Å². The molecule has 0 aliphatic carbocycles. The fourth-order valence-electron chi connectivity index (χ4n) is 3.26. The van der Waals surface area contributed by atoms with Gasteiger partial charge in [-0.15, -0.1) is 0 Å². The number of amides is 2. The lowest BCUT2D eigenvalue weighted by Crippen LogP contribution is -2.33. The SMILES string of the molecule is O=C1Nc2ccc(C3=CCN(C(=O)O)CC3)c3cccc1c23. The van der Waals surface area contributed by atoms with Gasteiger partial charge in [0.05, 0.1) is 0 Å².